The highest BCUT2D eigenvalue weighted by atomic mass is 19.1. The van der Waals surface area contributed by atoms with E-state index in [0.717, 1.165) is 0 Å². The molecule has 0 fully saturated rings. The summed E-state index contributed by atoms with van der Waals surface area (Å²) in [6.07, 6.45) is -1.64. The minimum Gasteiger partial charge on any atom is -0.390 e. The molecule has 2 unspecified atom stereocenters. The van der Waals surface area contributed by atoms with Crippen LogP contribution in [0.25, 0.3) is 0 Å². The zero-order valence-electron chi connectivity index (χ0n) is 7.44. The van der Waals surface area contributed by atoms with Gasteiger partial charge in [-0.3, -0.25) is 0 Å². The zero-order chi connectivity index (χ0) is 9.84. The summed E-state index contributed by atoms with van der Waals surface area (Å²) in [5.41, 5.74) is 0.150. The van der Waals surface area contributed by atoms with Gasteiger partial charge in [0.25, 0.3) is 0 Å². The van der Waals surface area contributed by atoms with Crippen LogP contribution >= 0.6 is 0 Å². The lowest BCUT2D eigenvalue weighted by molar-refractivity contribution is 0.0144. The Morgan fingerprint density at radius 3 is 2.46 bits per heavy atom. The monoisotopic (exact) mass is 184 g/mol. The van der Waals surface area contributed by atoms with Crippen LogP contribution in [0.5, 0.6) is 0 Å². The molecule has 0 saturated carbocycles. The van der Waals surface area contributed by atoms with Crippen molar-refractivity contribution in [2.45, 2.75) is 25.6 Å². The summed E-state index contributed by atoms with van der Waals surface area (Å²) in [7, 11) is 0. The Hall–Kier alpha value is -0.930. The first-order valence-electron chi connectivity index (χ1n) is 4.27. The summed E-state index contributed by atoms with van der Waals surface area (Å²) < 4.78 is 13.1. The van der Waals surface area contributed by atoms with E-state index >= 15 is 0 Å². The van der Waals surface area contributed by atoms with Crippen LogP contribution < -0.4 is 0 Å². The lowest BCUT2D eigenvalue weighted by Crippen LogP contribution is -2.17. The van der Waals surface area contributed by atoms with Gasteiger partial charge in [-0.05, 0) is 12.5 Å². The Kier molecular flexibility index (Phi) is 3.39. The molecule has 0 amide bonds. The maximum Gasteiger partial charge on any atom is 0.129 e. The Balaban J connectivity index is 2.88. The van der Waals surface area contributed by atoms with Crippen LogP contribution in [0, 0.1) is 5.82 Å². The minimum absolute atomic E-state index is 0.150. The highest BCUT2D eigenvalue weighted by Crippen LogP contribution is 2.21. The highest BCUT2D eigenvalue weighted by molar-refractivity contribution is 5.20. The second kappa shape index (κ2) is 4.35. The van der Waals surface area contributed by atoms with Crippen LogP contribution in [0.15, 0.2) is 24.3 Å². The molecule has 0 aliphatic carbocycles. The SMILES string of the molecule is CCC(O)C(O)c1ccccc1F. The van der Waals surface area contributed by atoms with Crippen molar-refractivity contribution in [3.05, 3.63) is 35.6 Å². The molecule has 1 aromatic carbocycles. The molecule has 2 atom stereocenters. The van der Waals surface area contributed by atoms with Crippen LogP contribution in [-0.2, 0) is 0 Å². The van der Waals surface area contributed by atoms with Crippen molar-refractivity contribution in [1.29, 1.82) is 0 Å². The summed E-state index contributed by atoms with van der Waals surface area (Å²) in [5.74, 6) is -0.484. The number of halogens is 1. The summed E-state index contributed by atoms with van der Waals surface area (Å²) in [5, 5.41) is 18.8. The quantitative estimate of drug-likeness (QED) is 0.749. The Morgan fingerprint density at radius 1 is 1.31 bits per heavy atom. The van der Waals surface area contributed by atoms with E-state index in [-0.39, 0.29) is 5.56 Å². The fourth-order valence-corrected chi connectivity index (χ4v) is 1.15. The van der Waals surface area contributed by atoms with Gasteiger partial charge in [0.1, 0.15) is 11.9 Å². The van der Waals surface area contributed by atoms with E-state index in [2.05, 4.69) is 0 Å². The fraction of sp³-hybridized carbons (Fsp3) is 0.400. The van der Waals surface area contributed by atoms with Crippen molar-refractivity contribution >= 4 is 0 Å². The molecule has 1 aromatic rings. The fourth-order valence-electron chi connectivity index (χ4n) is 1.15. The molecule has 0 bridgehead atoms. The molecule has 72 valence electrons. The predicted octanol–water partition coefficient (Wildman–Crippen LogP) is 1.63. The van der Waals surface area contributed by atoms with Gasteiger partial charge in [-0.2, -0.15) is 0 Å². The van der Waals surface area contributed by atoms with Crippen molar-refractivity contribution in [3.63, 3.8) is 0 Å². The van der Waals surface area contributed by atoms with E-state index in [9.17, 15) is 14.6 Å². The molecule has 0 aliphatic rings. The number of aliphatic hydroxyl groups is 2. The van der Waals surface area contributed by atoms with Gasteiger partial charge >= 0.3 is 0 Å². The molecule has 0 aliphatic heterocycles. The van der Waals surface area contributed by atoms with Crippen LogP contribution in [0.4, 0.5) is 4.39 Å². The van der Waals surface area contributed by atoms with E-state index in [1.165, 1.54) is 12.1 Å². The Morgan fingerprint density at radius 2 is 1.92 bits per heavy atom. The molecule has 0 aromatic heterocycles. The average Bonchev–Trinajstić information content (AvgIpc) is 2.16. The largest absolute Gasteiger partial charge is 0.390 e. The van der Waals surface area contributed by atoms with Gasteiger partial charge < -0.3 is 10.2 Å². The van der Waals surface area contributed by atoms with Gasteiger partial charge in [0.15, 0.2) is 0 Å². The first-order valence-corrected chi connectivity index (χ1v) is 4.27. The lowest BCUT2D eigenvalue weighted by Gasteiger charge is -2.16. The van der Waals surface area contributed by atoms with Gasteiger partial charge in [0.2, 0.25) is 0 Å². The number of aliphatic hydroxyl groups excluding tert-OH is 2. The molecular formula is C10H13FO2. The highest BCUT2D eigenvalue weighted by Gasteiger charge is 2.18. The molecule has 2 N–H and O–H groups in total. The zero-order valence-corrected chi connectivity index (χ0v) is 7.44. The second-order valence-corrected chi connectivity index (χ2v) is 2.94. The molecule has 0 saturated heterocycles. The lowest BCUT2D eigenvalue weighted by atomic mass is 10.0. The summed E-state index contributed by atoms with van der Waals surface area (Å²) in [6, 6.07) is 5.91. The summed E-state index contributed by atoms with van der Waals surface area (Å²) in [6.45, 7) is 1.73. The Bertz CT molecular complexity index is 275. The molecule has 0 radical (unpaired) electrons. The van der Waals surface area contributed by atoms with Gasteiger partial charge in [-0.15, -0.1) is 0 Å². The van der Waals surface area contributed by atoms with Crippen LogP contribution in [0.3, 0.4) is 0 Å². The molecular weight excluding hydrogens is 171 g/mol. The number of benzene rings is 1. The third kappa shape index (κ3) is 2.26. The second-order valence-electron chi connectivity index (χ2n) is 2.94. The summed E-state index contributed by atoms with van der Waals surface area (Å²) in [4.78, 5) is 0. The van der Waals surface area contributed by atoms with E-state index in [1.807, 2.05) is 0 Å². The van der Waals surface area contributed by atoms with Crippen molar-refractivity contribution in [1.82, 2.24) is 0 Å². The van der Waals surface area contributed by atoms with Crippen LogP contribution in [0.1, 0.15) is 25.0 Å². The average molecular weight is 184 g/mol. The summed E-state index contributed by atoms with van der Waals surface area (Å²) >= 11 is 0. The van der Waals surface area contributed by atoms with Gasteiger partial charge in [0.05, 0.1) is 6.10 Å². The van der Waals surface area contributed by atoms with Gasteiger partial charge in [0, 0.05) is 5.56 Å². The molecule has 3 heteroatoms. The molecule has 1 rings (SSSR count). The predicted molar refractivity (Wildman–Crippen MR) is 47.7 cm³/mol. The molecule has 0 heterocycles. The van der Waals surface area contributed by atoms with Crippen LogP contribution in [-0.4, -0.2) is 16.3 Å². The minimum atomic E-state index is -1.13. The van der Waals surface area contributed by atoms with Gasteiger partial charge in [-0.1, -0.05) is 25.1 Å². The maximum absolute atomic E-state index is 13.1. The standard InChI is InChI=1S/C10H13FO2/c1-2-9(12)10(13)7-5-3-4-6-8(7)11/h3-6,9-10,12-13H,2H2,1H3. The van der Waals surface area contributed by atoms with Crippen molar-refractivity contribution in [3.8, 4) is 0 Å². The van der Waals surface area contributed by atoms with Crippen molar-refractivity contribution in [2.75, 3.05) is 0 Å². The van der Waals surface area contributed by atoms with E-state index in [4.69, 9.17) is 0 Å². The van der Waals surface area contributed by atoms with Crippen molar-refractivity contribution < 1.29 is 14.6 Å². The Labute approximate surface area is 76.6 Å². The van der Waals surface area contributed by atoms with Crippen molar-refractivity contribution in [2.24, 2.45) is 0 Å². The third-order valence-electron chi connectivity index (χ3n) is 2.01. The first-order chi connectivity index (χ1) is 6.16. The van der Waals surface area contributed by atoms with E-state index in [1.54, 1.807) is 19.1 Å². The maximum atomic E-state index is 13.1. The topological polar surface area (TPSA) is 40.5 Å². The number of hydrogen-bond acceptors (Lipinski definition) is 2. The molecule has 2 nitrogen and oxygen atoms in total. The molecule has 13 heavy (non-hydrogen) atoms. The first kappa shape index (κ1) is 10.2. The smallest absolute Gasteiger partial charge is 0.129 e. The van der Waals surface area contributed by atoms with E-state index in [0.29, 0.717) is 6.42 Å². The van der Waals surface area contributed by atoms with Gasteiger partial charge in [-0.25, -0.2) is 4.39 Å². The van der Waals surface area contributed by atoms with E-state index < -0.39 is 18.0 Å². The normalized spacial score (nSPS) is 15.4. The number of hydrogen-bond donors (Lipinski definition) is 2. The van der Waals surface area contributed by atoms with Crippen LogP contribution in [0.2, 0.25) is 0 Å². The number of rotatable bonds is 3. The molecule has 0 spiro atoms. The third-order valence-corrected chi connectivity index (χ3v) is 2.01.